The zero-order valence-electron chi connectivity index (χ0n) is 33.0. The minimum atomic E-state index is -0.143. The first kappa shape index (κ1) is 34.8. The van der Waals surface area contributed by atoms with Gasteiger partial charge >= 0.3 is 0 Å². The molecule has 0 N–H and O–H groups in total. The Kier molecular flexibility index (Phi) is 8.20. The minimum absolute atomic E-state index is 0.143. The van der Waals surface area contributed by atoms with Crippen molar-refractivity contribution in [3.63, 3.8) is 0 Å². The van der Waals surface area contributed by atoms with Crippen molar-refractivity contribution in [3.8, 4) is 78.4 Å². The second kappa shape index (κ2) is 13.9. The fourth-order valence-electron chi connectivity index (χ4n) is 9.41. The van der Waals surface area contributed by atoms with Gasteiger partial charge < -0.3 is 0 Å². The highest BCUT2D eigenvalue weighted by atomic mass is 14.9. The molecule has 1 aromatic heterocycles. The molecule has 278 valence electrons. The molecule has 59 heavy (non-hydrogen) atoms. The fraction of sp³-hybridized carbons (Fsp3) is 0.0526. The van der Waals surface area contributed by atoms with E-state index >= 15 is 0 Å². The molecule has 1 heterocycles. The Morgan fingerprint density at radius 3 is 1.61 bits per heavy atom. The second-order valence-corrected chi connectivity index (χ2v) is 16.1. The summed E-state index contributed by atoms with van der Waals surface area (Å²) in [4.78, 5) is 10.8. The quantitative estimate of drug-likeness (QED) is 0.169. The average Bonchev–Trinajstić information content (AvgIpc) is 3.54. The van der Waals surface area contributed by atoms with Crippen LogP contribution in [0.15, 0.2) is 206 Å². The highest BCUT2D eigenvalue weighted by molar-refractivity contribution is 6.05. The highest BCUT2D eigenvalue weighted by Crippen LogP contribution is 2.52. The number of hydrogen-bond acceptors (Lipinski definition) is 2. The lowest BCUT2D eigenvalue weighted by molar-refractivity contribution is 0.666. The first-order chi connectivity index (χ1) is 29.0. The molecule has 2 heteroatoms. The van der Waals surface area contributed by atoms with Gasteiger partial charge in [-0.15, -0.1) is 0 Å². The largest absolute Gasteiger partial charge is 0.228 e. The van der Waals surface area contributed by atoms with Crippen molar-refractivity contribution >= 4 is 21.5 Å². The van der Waals surface area contributed by atoms with Gasteiger partial charge in [0.15, 0.2) is 5.82 Å². The van der Waals surface area contributed by atoms with Gasteiger partial charge in [-0.2, -0.15) is 0 Å². The number of rotatable bonds is 6. The zero-order chi connectivity index (χ0) is 39.5. The first-order valence-corrected chi connectivity index (χ1v) is 20.4. The maximum atomic E-state index is 5.48. The van der Waals surface area contributed by atoms with Gasteiger partial charge in [-0.25, -0.2) is 9.97 Å². The van der Waals surface area contributed by atoms with Crippen LogP contribution in [0.25, 0.3) is 100.0 Å². The topological polar surface area (TPSA) is 25.8 Å². The Hall–Kier alpha value is -7.42. The molecule has 2 nitrogen and oxygen atoms in total. The first-order valence-electron chi connectivity index (χ1n) is 20.4. The van der Waals surface area contributed by atoms with Gasteiger partial charge in [-0.3, -0.25) is 0 Å². The van der Waals surface area contributed by atoms with Crippen LogP contribution in [0.2, 0.25) is 0 Å². The van der Waals surface area contributed by atoms with Gasteiger partial charge in [0.25, 0.3) is 0 Å². The molecule has 1 aliphatic rings. The van der Waals surface area contributed by atoms with Gasteiger partial charge in [0.05, 0.1) is 11.4 Å². The lowest BCUT2D eigenvalue weighted by Gasteiger charge is -2.24. The summed E-state index contributed by atoms with van der Waals surface area (Å²) >= 11 is 0. The van der Waals surface area contributed by atoms with E-state index in [2.05, 4.69) is 220 Å². The summed E-state index contributed by atoms with van der Waals surface area (Å²) in [6.45, 7) is 4.75. The van der Waals surface area contributed by atoms with Crippen LogP contribution in [0.1, 0.15) is 25.0 Å². The molecule has 0 fully saturated rings. The van der Waals surface area contributed by atoms with E-state index in [-0.39, 0.29) is 5.41 Å². The van der Waals surface area contributed by atoms with E-state index in [1.807, 2.05) is 0 Å². The number of hydrogen-bond donors (Lipinski definition) is 0. The van der Waals surface area contributed by atoms with Crippen molar-refractivity contribution in [1.82, 2.24) is 9.97 Å². The van der Waals surface area contributed by atoms with E-state index in [1.54, 1.807) is 0 Å². The number of benzene rings is 9. The van der Waals surface area contributed by atoms with Crippen molar-refractivity contribution in [2.24, 2.45) is 0 Å². The van der Waals surface area contributed by atoms with E-state index in [0.717, 1.165) is 50.2 Å². The van der Waals surface area contributed by atoms with Crippen molar-refractivity contribution < 1.29 is 0 Å². The van der Waals surface area contributed by atoms with Crippen LogP contribution in [-0.2, 0) is 5.41 Å². The summed E-state index contributed by atoms with van der Waals surface area (Å²) in [5, 5.41) is 4.92. The lowest BCUT2D eigenvalue weighted by Crippen LogP contribution is -2.15. The molecule has 0 spiro atoms. The van der Waals surface area contributed by atoms with Crippen LogP contribution in [0.4, 0.5) is 0 Å². The minimum Gasteiger partial charge on any atom is -0.228 e. The molecular formula is C57H40N2. The molecule has 0 saturated carbocycles. The van der Waals surface area contributed by atoms with Crippen molar-refractivity contribution in [1.29, 1.82) is 0 Å². The van der Waals surface area contributed by atoms with Gasteiger partial charge in [0.1, 0.15) is 0 Å². The molecule has 1 aliphatic carbocycles. The third kappa shape index (κ3) is 5.87. The van der Waals surface area contributed by atoms with E-state index in [9.17, 15) is 0 Å². The Bertz CT molecular complexity index is 3220. The molecule has 11 rings (SSSR count). The summed E-state index contributed by atoms with van der Waals surface area (Å²) in [6.07, 6.45) is 0. The molecular weight excluding hydrogens is 713 g/mol. The zero-order valence-corrected chi connectivity index (χ0v) is 33.0. The number of fused-ring (bicyclic) bond motifs is 6. The molecule has 10 aromatic rings. The lowest BCUT2D eigenvalue weighted by atomic mass is 9.79. The van der Waals surface area contributed by atoms with Crippen LogP contribution in [0.5, 0.6) is 0 Å². The van der Waals surface area contributed by atoms with Gasteiger partial charge in [-0.1, -0.05) is 196 Å². The SMILES string of the molecule is CC1(C)c2cc(-c3ccc(-c4nc(-c5ccccc5)cc(-c5cc(-c6ccccc6)ccc5-c5ccccc5)n4)c4ccccc34)ccc2-c2ccc3ccccc3c21. The van der Waals surface area contributed by atoms with Crippen molar-refractivity contribution in [3.05, 3.63) is 217 Å². The molecule has 0 amide bonds. The summed E-state index contributed by atoms with van der Waals surface area (Å²) < 4.78 is 0. The average molecular weight is 753 g/mol. The third-order valence-electron chi connectivity index (χ3n) is 12.3. The summed E-state index contributed by atoms with van der Waals surface area (Å²) in [5.74, 6) is 0.700. The molecule has 0 aliphatic heterocycles. The van der Waals surface area contributed by atoms with Crippen molar-refractivity contribution in [2.75, 3.05) is 0 Å². The van der Waals surface area contributed by atoms with E-state index in [1.165, 1.54) is 55.1 Å². The van der Waals surface area contributed by atoms with E-state index < -0.39 is 0 Å². The van der Waals surface area contributed by atoms with Crippen LogP contribution in [0.3, 0.4) is 0 Å². The standard InChI is InChI=1S/C57H40N2/c1-57(2)52-35-42(28-30-48(52)49-31-26-39-20-12-13-23-45(39)55(49)57)44-32-33-50(47-25-15-14-24-46(44)47)56-58-53(40-21-10-5-11-22-40)36-54(59-56)51-34-41(37-16-6-3-7-17-37)27-29-43(51)38-18-8-4-9-19-38/h3-36H,1-2H3. The second-order valence-electron chi connectivity index (χ2n) is 16.1. The Labute approximate surface area is 345 Å². The molecule has 0 unspecified atom stereocenters. The predicted molar refractivity (Wildman–Crippen MR) is 247 cm³/mol. The van der Waals surface area contributed by atoms with Gasteiger partial charge in [0.2, 0.25) is 0 Å². The molecule has 0 atom stereocenters. The fourth-order valence-corrected chi connectivity index (χ4v) is 9.41. The molecule has 0 bridgehead atoms. The summed E-state index contributed by atoms with van der Waals surface area (Å²) in [7, 11) is 0. The molecule has 0 saturated heterocycles. The van der Waals surface area contributed by atoms with Crippen LogP contribution in [-0.4, -0.2) is 9.97 Å². The van der Waals surface area contributed by atoms with Crippen LogP contribution >= 0.6 is 0 Å². The Morgan fingerprint density at radius 1 is 0.322 bits per heavy atom. The van der Waals surface area contributed by atoms with Gasteiger partial charge in [-0.05, 0) is 101 Å². The van der Waals surface area contributed by atoms with Crippen LogP contribution in [0, 0.1) is 0 Å². The number of aromatic nitrogens is 2. The predicted octanol–water partition coefficient (Wildman–Crippen LogP) is 15.1. The maximum absolute atomic E-state index is 5.48. The smallest absolute Gasteiger partial charge is 0.161 e. The Balaban J connectivity index is 1.09. The van der Waals surface area contributed by atoms with E-state index in [4.69, 9.17) is 9.97 Å². The monoisotopic (exact) mass is 752 g/mol. The van der Waals surface area contributed by atoms with Crippen molar-refractivity contribution in [2.45, 2.75) is 19.3 Å². The maximum Gasteiger partial charge on any atom is 0.161 e. The number of nitrogens with zero attached hydrogens (tertiary/aromatic N) is 2. The van der Waals surface area contributed by atoms with E-state index in [0.29, 0.717) is 5.82 Å². The Morgan fingerprint density at radius 2 is 0.864 bits per heavy atom. The highest BCUT2D eigenvalue weighted by Gasteiger charge is 2.37. The van der Waals surface area contributed by atoms with Crippen LogP contribution < -0.4 is 0 Å². The molecule has 0 radical (unpaired) electrons. The summed E-state index contributed by atoms with van der Waals surface area (Å²) in [6, 6.07) is 74.2. The summed E-state index contributed by atoms with van der Waals surface area (Å²) in [5.41, 5.74) is 17.2. The van der Waals surface area contributed by atoms with Gasteiger partial charge in [0, 0.05) is 22.1 Å². The third-order valence-corrected chi connectivity index (χ3v) is 12.3. The molecule has 9 aromatic carbocycles. The normalized spacial score (nSPS) is 12.7.